The standard InChI is InChI=1S/C28H34N4O2/c1-19-9-11-24(12-10-19)32-22(4)17-25(23(32)5)28(34)31-15-13-30(14-16-31)18-26(33)29-27-20(2)7-6-8-21(27)3/h6-12,17H,13-16,18H2,1-5H3,(H,29,33). The molecule has 0 radical (unpaired) electrons. The second kappa shape index (κ2) is 9.85. The molecule has 1 aliphatic heterocycles. The van der Waals surface area contributed by atoms with Gasteiger partial charge in [-0.25, -0.2) is 0 Å². The summed E-state index contributed by atoms with van der Waals surface area (Å²) < 4.78 is 2.14. The van der Waals surface area contributed by atoms with E-state index in [0.29, 0.717) is 32.7 Å². The summed E-state index contributed by atoms with van der Waals surface area (Å²) in [5, 5.41) is 3.06. The second-order valence-corrected chi connectivity index (χ2v) is 9.34. The van der Waals surface area contributed by atoms with E-state index in [9.17, 15) is 9.59 Å². The van der Waals surface area contributed by atoms with Crippen LogP contribution in [-0.4, -0.2) is 58.9 Å². The number of hydrogen-bond acceptors (Lipinski definition) is 3. The van der Waals surface area contributed by atoms with Crippen molar-refractivity contribution in [2.24, 2.45) is 0 Å². The van der Waals surface area contributed by atoms with Gasteiger partial charge in [-0.3, -0.25) is 14.5 Å². The van der Waals surface area contributed by atoms with Gasteiger partial charge in [0.2, 0.25) is 5.91 Å². The number of aromatic nitrogens is 1. The average Bonchev–Trinajstić information content (AvgIpc) is 3.11. The van der Waals surface area contributed by atoms with Crippen LogP contribution in [-0.2, 0) is 4.79 Å². The highest BCUT2D eigenvalue weighted by molar-refractivity contribution is 5.96. The van der Waals surface area contributed by atoms with Gasteiger partial charge in [0.1, 0.15) is 0 Å². The number of rotatable bonds is 5. The average molecular weight is 459 g/mol. The largest absolute Gasteiger partial charge is 0.336 e. The third kappa shape index (κ3) is 4.92. The first kappa shape index (κ1) is 23.8. The van der Waals surface area contributed by atoms with Gasteiger partial charge < -0.3 is 14.8 Å². The zero-order valence-corrected chi connectivity index (χ0v) is 20.8. The summed E-state index contributed by atoms with van der Waals surface area (Å²) in [6, 6.07) is 16.3. The summed E-state index contributed by atoms with van der Waals surface area (Å²) in [6.45, 7) is 13.0. The zero-order chi connectivity index (χ0) is 24.4. The van der Waals surface area contributed by atoms with Crippen LogP contribution in [0.1, 0.15) is 38.4 Å². The summed E-state index contributed by atoms with van der Waals surface area (Å²) in [4.78, 5) is 30.0. The van der Waals surface area contributed by atoms with E-state index in [0.717, 1.165) is 39.5 Å². The van der Waals surface area contributed by atoms with Gasteiger partial charge in [0.25, 0.3) is 5.91 Å². The molecule has 1 aromatic heterocycles. The van der Waals surface area contributed by atoms with Gasteiger partial charge in [-0.1, -0.05) is 35.9 Å². The molecule has 1 N–H and O–H groups in total. The minimum absolute atomic E-state index is 0.0150. The maximum Gasteiger partial charge on any atom is 0.255 e. The Morgan fingerprint density at radius 3 is 2.09 bits per heavy atom. The van der Waals surface area contributed by atoms with Crippen LogP contribution in [0.4, 0.5) is 5.69 Å². The number of amides is 2. The number of anilines is 1. The van der Waals surface area contributed by atoms with E-state index in [1.165, 1.54) is 5.56 Å². The third-order valence-electron chi connectivity index (χ3n) is 6.73. The van der Waals surface area contributed by atoms with Crippen LogP contribution in [0.5, 0.6) is 0 Å². The Morgan fingerprint density at radius 2 is 1.47 bits per heavy atom. The van der Waals surface area contributed by atoms with Gasteiger partial charge >= 0.3 is 0 Å². The number of nitrogens with zero attached hydrogens (tertiary/aromatic N) is 3. The van der Waals surface area contributed by atoms with Crippen LogP contribution in [0, 0.1) is 34.6 Å². The molecule has 0 bridgehead atoms. The van der Waals surface area contributed by atoms with E-state index < -0.39 is 0 Å². The van der Waals surface area contributed by atoms with E-state index in [1.54, 1.807) is 0 Å². The van der Waals surface area contributed by atoms with Crippen LogP contribution >= 0.6 is 0 Å². The molecule has 6 nitrogen and oxygen atoms in total. The Hall–Kier alpha value is -3.38. The van der Waals surface area contributed by atoms with Crippen LogP contribution in [0.25, 0.3) is 5.69 Å². The number of benzene rings is 2. The van der Waals surface area contributed by atoms with E-state index in [2.05, 4.69) is 46.0 Å². The minimum Gasteiger partial charge on any atom is -0.336 e. The molecular weight excluding hydrogens is 424 g/mol. The molecule has 0 spiro atoms. The fraction of sp³-hybridized carbons (Fsp3) is 0.357. The molecule has 2 aromatic carbocycles. The van der Waals surface area contributed by atoms with Gasteiger partial charge in [0, 0.05) is 48.9 Å². The SMILES string of the molecule is Cc1ccc(-n2c(C)cc(C(=O)N3CCN(CC(=O)Nc4c(C)cccc4C)CC3)c2C)cc1. The predicted octanol–water partition coefficient (Wildman–Crippen LogP) is 4.42. The van der Waals surface area contributed by atoms with E-state index >= 15 is 0 Å². The number of aryl methyl sites for hydroxylation is 4. The monoisotopic (exact) mass is 458 g/mol. The molecule has 1 aliphatic rings. The lowest BCUT2D eigenvalue weighted by atomic mass is 10.1. The summed E-state index contributed by atoms with van der Waals surface area (Å²) in [6.07, 6.45) is 0. The van der Waals surface area contributed by atoms with Crippen LogP contribution in [0.15, 0.2) is 48.5 Å². The topological polar surface area (TPSA) is 57.6 Å². The highest BCUT2D eigenvalue weighted by atomic mass is 16.2. The zero-order valence-electron chi connectivity index (χ0n) is 20.8. The maximum absolute atomic E-state index is 13.3. The molecule has 2 amide bonds. The Morgan fingerprint density at radius 1 is 0.853 bits per heavy atom. The first-order chi connectivity index (χ1) is 16.2. The molecule has 6 heteroatoms. The fourth-order valence-corrected chi connectivity index (χ4v) is 4.74. The van der Waals surface area contributed by atoms with Crippen molar-refractivity contribution < 1.29 is 9.59 Å². The van der Waals surface area contributed by atoms with Crippen molar-refractivity contribution in [1.82, 2.24) is 14.4 Å². The van der Waals surface area contributed by atoms with Gasteiger partial charge in [0.05, 0.1) is 12.1 Å². The number of carbonyl (C=O) groups is 2. The normalized spacial score (nSPS) is 14.3. The minimum atomic E-state index is -0.0150. The predicted molar refractivity (Wildman–Crippen MR) is 137 cm³/mol. The number of carbonyl (C=O) groups excluding carboxylic acids is 2. The molecule has 0 saturated carbocycles. The Bertz CT molecular complexity index is 1180. The van der Waals surface area contributed by atoms with Crippen molar-refractivity contribution in [2.75, 3.05) is 38.0 Å². The van der Waals surface area contributed by atoms with E-state index in [-0.39, 0.29) is 11.8 Å². The van der Waals surface area contributed by atoms with Gasteiger partial charge in [-0.15, -0.1) is 0 Å². The van der Waals surface area contributed by atoms with Crippen molar-refractivity contribution in [1.29, 1.82) is 0 Å². The number of piperazine rings is 1. The van der Waals surface area contributed by atoms with Crippen LogP contribution < -0.4 is 5.32 Å². The maximum atomic E-state index is 13.3. The number of para-hydroxylation sites is 1. The number of hydrogen-bond donors (Lipinski definition) is 1. The first-order valence-electron chi connectivity index (χ1n) is 11.9. The van der Waals surface area contributed by atoms with Crippen LogP contribution in [0.2, 0.25) is 0 Å². The van der Waals surface area contributed by atoms with Crippen molar-refractivity contribution in [3.63, 3.8) is 0 Å². The van der Waals surface area contributed by atoms with Crippen molar-refractivity contribution in [2.45, 2.75) is 34.6 Å². The molecule has 178 valence electrons. The molecule has 34 heavy (non-hydrogen) atoms. The molecule has 0 atom stereocenters. The Balaban J connectivity index is 1.37. The third-order valence-corrected chi connectivity index (χ3v) is 6.73. The number of nitrogens with one attached hydrogen (secondary N) is 1. The highest BCUT2D eigenvalue weighted by Crippen LogP contribution is 2.23. The van der Waals surface area contributed by atoms with Gasteiger partial charge in [-0.2, -0.15) is 0 Å². The molecule has 0 aliphatic carbocycles. The summed E-state index contributed by atoms with van der Waals surface area (Å²) in [5.74, 6) is 0.0462. The smallest absolute Gasteiger partial charge is 0.255 e. The quantitative estimate of drug-likeness (QED) is 0.616. The fourth-order valence-electron chi connectivity index (χ4n) is 4.74. The lowest BCUT2D eigenvalue weighted by molar-refractivity contribution is -0.117. The second-order valence-electron chi connectivity index (χ2n) is 9.34. The lowest BCUT2D eigenvalue weighted by Crippen LogP contribution is -2.50. The van der Waals surface area contributed by atoms with Crippen molar-refractivity contribution in [3.8, 4) is 5.69 Å². The van der Waals surface area contributed by atoms with E-state index in [4.69, 9.17) is 0 Å². The summed E-state index contributed by atoms with van der Waals surface area (Å²) >= 11 is 0. The highest BCUT2D eigenvalue weighted by Gasteiger charge is 2.26. The molecule has 0 unspecified atom stereocenters. The molecule has 1 fully saturated rings. The molecule has 1 saturated heterocycles. The Kier molecular flexibility index (Phi) is 6.89. The molecular formula is C28H34N4O2. The van der Waals surface area contributed by atoms with Gasteiger partial charge in [0.15, 0.2) is 0 Å². The summed E-state index contributed by atoms with van der Waals surface area (Å²) in [7, 11) is 0. The van der Waals surface area contributed by atoms with Gasteiger partial charge in [-0.05, 0) is 63.9 Å². The lowest BCUT2D eigenvalue weighted by Gasteiger charge is -2.34. The molecule has 3 aromatic rings. The van der Waals surface area contributed by atoms with Crippen LogP contribution in [0.3, 0.4) is 0 Å². The van der Waals surface area contributed by atoms with Crippen molar-refractivity contribution in [3.05, 3.63) is 82.2 Å². The van der Waals surface area contributed by atoms with Crippen molar-refractivity contribution >= 4 is 17.5 Å². The molecule has 4 rings (SSSR count). The summed E-state index contributed by atoms with van der Waals surface area (Å²) in [5.41, 5.74) is 8.05. The molecule has 2 heterocycles. The first-order valence-corrected chi connectivity index (χ1v) is 11.9. The Labute approximate surface area is 202 Å². The van der Waals surface area contributed by atoms with E-state index in [1.807, 2.05) is 56.9 Å².